The number of thiophene rings is 1. The second-order valence-corrected chi connectivity index (χ2v) is 4.92. The zero-order valence-electron chi connectivity index (χ0n) is 9.40. The van der Waals surface area contributed by atoms with E-state index < -0.39 is 0 Å². The molecule has 0 aliphatic heterocycles. The standard InChI is InChI=1S/C12H10N2O2S/c1-6-5-14-11(15)8-7(2)10(17-9(6)8)12-13-3-4-16-12/h3-5H,1-2H3,(H,14,15). The lowest BCUT2D eigenvalue weighted by atomic mass is 10.1. The minimum atomic E-state index is -0.0582. The number of nitrogens with zero attached hydrogens (tertiary/aromatic N) is 1. The molecule has 0 aromatic carbocycles. The molecule has 3 aromatic heterocycles. The lowest BCUT2D eigenvalue weighted by molar-refractivity contribution is 0.576. The first-order valence-corrected chi connectivity index (χ1v) is 6.01. The number of fused-ring (bicyclic) bond motifs is 1. The van der Waals surface area contributed by atoms with Gasteiger partial charge in [-0.2, -0.15) is 0 Å². The van der Waals surface area contributed by atoms with Gasteiger partial charge in [-0.15, -0.1) is 11.3 Å². The van der Waals surface area contributed by atoms with Crippen LogP contribution in [0.15, 0.2) is 27.9 Å². The van der Waals surface area contributed by atoms with E-state index in [1.165, 1.54) is 6.26 Å². The second kappa shape index (κ2) is 3.56. The van der Waals surface area contributed by atoms with Crippen molar-refractivity contribution < 1.29 is 4.42 Å². The van der Waals surface area contributed by atoms with E-state index in [1.807, 2.05) is 13.8 Å². The molecule has 0 aliphatic rings. The van der Waals surface area contributed by atoms with Crippen molar-refractivity contribution in [3.05, 3.63) is 40.1 Å². The summed E-state index contributed by atoms with van der Waals surface area (Å²) in [6.07, 6.45) is 4.88. The Kier molecular flexibility index (Phi) is 2.16. The summed E-state index contributed by atoms with van der Waals surface area (Å²) in [6, 6.07) is 0. The molecule has 4 nitrogen and oxygen atoms in total. The van der Waals surface area contributed by atoms with Crippen molar-refractivity contribution >= 4 is 21.4 Å². The zero-order chi connectivity index (χ0) is 12.0. The summed E-state index contributed by atoms with van der Waals surface area (Å²) in [5.41, 5.74) is 1.93. The third kappa shape index (κ3) is 1.43. The largest absolute Gasteiger partial charge is 0.444 e. The zero-order valence-corrected chi connectivity index (χ0v) is 10.2. The first-order valence-electron chi connectivity index (χ1n) is 5.19. The maximum absolute atomic E-state index is 11.8. The smallest absolute Gasteiger partial charge is 0.256 e. The number of H-pyrrole nitrogens is 1. The maximum atomic E-state index is 11.8. The van der Waals surface area contributed by atoms with Crippen LogP contribution >= 0.6 is 11.3 Å². The number of pyridine rings is 1. The van der Waals surface area contributed by atoms with Gasteiger partial charge in [0.1, 0.15) is 6.26 Å². The predicted octanol–water partition coefficient (Wildman–Crippen LogP) is 2.86. The molecule has 0 saturated carbocycles. The third-order valence-corrected chi connectivity index (χ3v) is 4.19. The summed E-state index contributed by atoms with van der Waals surface area (Å²) >= 11 is 1.55. The van der Waals surface area contributed by atoms with Crippen LogP contribution in [-0.4, -0.2) is 9.97 Å². The molecule has 0 unspecified atom stereocenters. The van der Waals surface area contributed by atoms with Gasteiger partial charge in [0.15, 0.2) is 0 Å². The van der Waals surface area contributed by atoms with E-state index in [1.54, 1.807) is 23.7 Å². The molecule has 0 radical (unpaired) electrons. The lowest BCUT2D eigenvalue weighted by Crippen LogP contribution is -2.05. The molecule has 0 bridgehead atoms. The van der Waals surface area contributed by atoms with Gasteiger partial charge in [-0.05, 0) is 25.0 Å². The fraction of sp³-hybridized carbons (Fsp3) is 0.167. The number of aryl methyl sites for hydroxylation is 2. The van der Waals surface area contributed by atoms with Crippen molar-refractivity contribution in [2.45, 2.75) is 13.8 Å². The molecule has 1 N–H and O–H groups in total. The average Bonchev–Trinajstić information content (AvgIpc) is 2.91. The highest BCUT2D eigenvalue weighted by Crippen LogP contribution is 2.36. The summed E-state index contributed by atoms with van der Waals surface area (Å²) in [6.45, 7) is 3.90. The molecule has 3 aromatic rings. The number of aromatic amines is 1. The SMILES string of the molecule is Cc1c[nH]c(=O)c2c(C)c(-c3ncco3)sc12. The summed E-state index contributed by atoms with van der Waals surface area (Å²) in [5.74, 6) is 0.572. The first-order chi connectivity index (χ1) is 8.18. The summed E-state index contributed by atoms with van der Waals surface area (Å²) < 4.78 is 6.30. The van der Waals surface area contributed by atoms with Gasteiger partial charge in [0.2, 0.25) is 5.89 Å². The van der Waals surface area contributed by atoms with E-state index in [4.69, 9.17) is 4.42 Å². The van der Waals surface area contributed by atoms with Crippen LogP contribution in [-0.2, 0) is 0 Å². The Labute approximate surface area is 101 Å². The summed E-state index contributed by atoms with van der Waals surface area (Å²) in [4.78, 5) is 19.6. The van der Waals surface area contributed by atoms with E-state index in [-0.39, 0.29) is 5.56 Å². The molecule has 0 saturated heterocycles. The Morgan fingerprint density at radius 3 is 2.88 bits per heavy atom. The Morgan fingerprint density at radius 1 is 1.41 bits per heavy atom. The number of rotatable bonds is 1. The van der Waals surface area contributed by atoms with Crippen LogP contribution in [0.1, 0.15) is 11.1 Å². The lowest BCUT2D eigenvalue weighted by Gasteiger charge is -1.94. The van der Waals surface area contributed by atoms with Gasteiger partial charge in [-0.3, -0.25) is 4.79 Å². The molecule has 0 spiro atoms. The molecule has 0 atom stereocenters. The van der Waals surface area contributed by atoms with Gasteiger partial charge in [0.05, 0.1) is 16.5 Å². The number of aromatic nitrogens is 2. The topological polar surface area (TPSA) is 58.9 Å². The number of hydrogen-bond acceptors (Lipinski definition) is 4. The maximum Gasteiger partial charge on any atom is 0.256 e. The third-order valence-electron chi connectivity index (χ3n) is 2.78. The molecule has 86 valence electrons. The number of oxazole rings is 1. The van der Waals surface area contributed by atoms with Crippen LogP contribution in [0.5, 0.6) is 0 Å². The highest BCUT2D eigenvalue weighted by molar-refractivity contribution is 7.22. The van der Waals surface area contributed by atoms with Crippen molar-refractivity contribution in [1.29, 1.82) is 0 Å². The van der Waals surface area contributed by atoms with Crippen LogP contribution < -0.4 is 5.56 Å². The van der Waals surface area contributed by atoms with Gasteiger partial charge in [0.25, 0.3) is 5.56 Å². The fourth-order valence-electron chi connectivity index (χ4n) is 1.92. The highest BCUT2D eigenvalue weighted by atomic mass is 32.1. The van der Waals surface area contributed by atoms with E-state index in [0.717, 1.165) is 26.1 Å². The molecule has 0 fully saturated rings. The van der Waals surface area contributed by atoms with Gasteiger partial charge in [-0.25, -0.2) is 4.98 Å². The number of nitrogens with one attached hydrogen (secondary N) is 1. The highest BCUT2D eigenvalue weighted by Gasteiger charge is 2.16. The van der Waals surface area contributed by atoms with E-state index in [0.29, 0.717) is 5.89 Å². The van der Waals surface area contributed by atoms with Gasteiger partial charge >= 0.3 is 0 Å². The Bertz CT molecular complexity index is 738. The van der Waals surface area contributed by atoms with Gasteiger partial charge in [-0.1, -0.05) is 0 Å². The predicted molar refractivity (Wildman–Crippen MR) is 67.4 cm³/mol. The van der Waals surface area contributed by atoms with Gasteiger partial charge in [0, 0.05) is 10.9 Å². The van der Waals surface area contributed by atoms with Crippen LogP contribution in [0, 0.1) is 13.8 Å². The Balaban J connectivity index is 2.44. The van der Waals surface area contributed by atoms with Crippen molar-refractivity contribution in [2.24, 2.45) is 0 Å². The monoisotopic (exact) mass is 246 g/mol. The van der Waals surface area contributed by atoms with Crippen molar-refractivity contribution in [1.82, 2.24) is 9.97 Å². The molecule has 0 aliphatic carbocycles. The molecular weight excluding hydrogens is 236 g/mol. The minimum Gasteiger partial charge on any atom is -0.444 e. The molecule has 5 heteroatoms. The van der Waals surface area contributed by atoms with Crippen molar-refractivity contribution in [2.75, 3.05) is 0 Å². The van der Waals surface area contributed by atoms with E-state index in [2.05, 4.69) is 9.97 Å². The van der Waals surface area contributed by atoms with E-state index in [9.17, 15) is 4.79 Å². The normalized spacial score (nSPS) is 11.2. The number of hydrogen-bond donors (Lipinski definition) is 1. The Morgan fingerprint density at radius 2 is 2.24 bits per heavy atom. The van der Waals surface area contributed by atoms with Crippen molar-refractivity contribution in [3.8, 4) is 10.8 Å². The van der Waals surface area contributed by atoms with Crippen LogP contribution in [0.3, 0.4) is 0 Å². The van der Waals surface area contributed by atoms with Crippen LogP contribution in [0.2, 0.25) is 0 Å². The molecule has 3 heterocycles. The molecule has 0 amide bonds. The average molecular weight is 246 g/mol. The van der Waals surface area contributed by atoms with Crippen LogP contribution in [0.4, 0.5) is 0 Å². The first kappa shape index (κ1) is 10.3. The van der Waals surface area contributed by atoms with Gasteiger partial charge < -0.3 is 9.40 Å². The molecular formula is C12H10N2O2S. The molecule has 17 heavy (non-hydrogen) atoms. The Hall–Kier alpha value is -1.88. The van der Waals surface area contributed by atoms with Crippen molar-refractivity contribution in [3.63, 3.8) is 0 Å². The fourth-order valence-corrected chi connectivity index (χ4v) is 3.13. The minimum absolute atomic E-state index is 0.0582. The summed E-state index contributed by atoms with van der Waals surface area (Å²) in [7, 11) is 0. The van der Waals surface area contributed by atoms with E-state index >= 15 is 0 Å². The summed E-state index contributed by atoms with van der Waals surface area (Å²) in [5, 5.41) is 0.739. The van der Waals surface area contributed by atoms with Crippen LogP contribution in [0.25, 0.3) is 20.9 Å². The quantitative estimate of drug-likeness (QED) is 0.718. The second-order valence-electron chi connectivity index (χ2n) is 3.90. The molecule has 3 rings (SSSR count).